The molecule has 0 bridgehead atoms. The van der Waals surface area contributed by atoms with Crippen molar-refractivity contribution in [3.63, 3.8) is 0 Å². The molecule has 28 heavy (non-hydrogen) atoms. The summed E-state index contributed by atoms with van der Waals surface area (Å²) in [5.74, 6) is 2.27. The van der Waals surface area contributed by atoms with E-state index in [4.69, 9.17) is 14.2 Å². The quantitative estimate of drug-likeness (QED) is 0.719. The van der Waals surface area contributed by atoms with Crippen LogP contribution in [0.25, 0.3) is 6.08 Å². The van der Waals surface area contributed by atoms with Gasteiger partial charge < -0.3 is 24.0 Å². The fraction of sp³-hybridized carbons (Fsp3) is 0.318. The molecule has 6 nitrogen and oxygen atoms in total. The van der Waals surface area contributed by atoms with E-state index >= 15 is 0 Å². The van der Waals surface area contributed by atoms with Crippen LogP contribution in [0.15, 0.2) is 48.5 Å². The Morgan fingerprint density at radius 2 is 1.50 bits per heavy atom. The van der Waals surface area contributed by atoms with Crippen LogP contribution in [-0.4, -0.2) is 58.3 Å². The van der Waals surface area contributed by atoms with Crippen LogP contribution in [0.4, 0.5) is 5.69 Å². The molecule has 1 saturated heterocycles. The average molecular weight is 382 g/mol. The van der Waals surface area contributed by atoms with Crippen molar-refractivity contribution in [2.45, 2.75) is 0 Å². The van der Waals surface area contributed by atoms with Crippen molar-refractivity contribution in [1.82, 2.24) is 4.90 Å². The van der Waals surface area contributed by atoms with E-state index in [0.717, 1.165) is 35.8 Å². The van der Waals surface area contributed by atoms with E-state index in [1.807, 2.05) is 47.4 Å². The number of carbonyl (C=O) groups excluding carboxylic acids is 1. The zero-order valence-corrected chi connectivity index (χ0v) is 16.6. The van der Waals surface area contributed by atoms with Crippen LogP contribution in [0, 0.1) is 0 Å². The third kappa shape index (κ3) is 4.57. The lowest BCUT2D eigenvalue weighted by molar-refractivity contribution is -0.126. The second-order valence-electron chi connectivity index (χ2n) is 6.45. The Bertz CT molecular complexity index is 825. The maximum absolute atomic E-state index is 12.6. The van der Waals surface area contributed by atoms with E-state index in [0.29, 0.717) is 18.8 Å². The average Bonchev–Trinajstić information content (AvgIpc) is 2.77. The van der Waals surface area contributed by atoms with Gasteiger partial charge in [-0.05, 0) is 48.5 Å². The molecule has 1 fully saturated rings. The Morgan fingerprint density at radius 1 is 0.857 bits per heavy atom. The predicted octanol–water partition coefficient (Wildman–Crippen LogP) is 3.07. The molecule has 1 amide bonds. The summed E-state index contributed by atoms with van der Waals surface area (Å²) in [4.78, 5) is 16.7. The second kappa shape index (κ2) is 9.17. The van der Waals surface area contributed by atoms with E-state index in [-0.39, 0.29) is 5.91 Å². The lowest BCUT2D eigenvalue weighted by Crippen LogP contribution is -2.48. The van der Waals surface area contributed by atoms with Crippen LogP contribution in [0.1, 0.15) is 5.56 Å². The van der Waals surface area contributed by atoms with Crippen molar-refractivity contribution < 1.29 is 19.0 Å². The van der Waals surface area contributed by atoms with E-state index < -0.39 is 0 Å². The van der Waals surface area contributed by atoms with E-state index in [9.17, 15) is 4.79 Å². The lowest BCUT2D eigenvalue weighted by atomic mass is 10.1. The normalized spacial score (nSPS) is 14.2. The number of benzene rings is 2. The summed E-state index contributed by atoms with van der Waals surface area (Å²) in [5, 5.41) is 0. The summed E-state index contributed by atoms with van der Waals surface area (Å²) in [6.45, 7) is 2.97. The minimum Gasteiger partial charge on any atom is -0.497 e. The second-order valence-corrected chi connectivity index (χ2v) is 6.45. The van der Waals surface area contributed by atoms with E-state index in [1.165, 1.54) is 0 Å². The standard InChI is InChI=1S/C22H26N2O4/c1-26-19-7-5-18(6-8-19)23-12-14-24(15-13-23)22(25)11-4-17-16-20(27-2)9-10-21(17)28-3/h4-11,16H,12-15H2,1-3H3/b11-4+. The van der Waals surface area contributed by atoms with Gasteiger partial charge in [-0.3, -0.25) is 4.79 Å². The Morgan fingerprint density at radius 3 is 2.11 bits per heavy atom. The number of rotatable bonds is 6. The highest BCUT2D eigenvalue weighted by Gasteiger charge is 2.20. The molecule has 148 valence electrons. The molecule has 0 N–H and O–H groups in total. The van der Waals surface area contributed by atoms with Gasteiger partial charge in [0.1, 0.15) is 17.2 Å². The molecule has 1 aliphatic rings. The molecule has 0 atom stereocenters. The third-order valence-corrected chi connectivity index (χ3v) is 4.87. The lowest BCUT2D eigenvalue weighted by Gasteiger charge is -2.35. The molecule has 3 rings (SSSR count). The molecule has 0 saturated carbocycles. The first kappa shape index (κ1) is 19.6. The number of hydrogen-bond acceptors (Lipinski definition) is 5. The molecule has 0 unspecified atom stereocenters. The number of piperazine rings is 1. The SMILES string of the molecule is COc1ccc(N2CCN(C(=O)/C=C/c3cc(OC)ccc3OC)CC2)cc1. The number of methoxy groups -OCH3 is 3. The minimum absolute atomic E-state index is 0.000691. The van der Waals surface area contributed by atoms with Crippen LogP contribution in [-0.2, 0) is 4.79 Å². The summed E-state index contributed by atoms with van der Waals surface area (Å²) >= 11 is 0. The fourth-order valence-electron chi connectivity index (χ4n) is 3.21. The minimum atomic E-state index is -0.000691. The van der Waals surface area contributed by atoms with Crippen LogP contribution in [0.5, 0.6) is 17.2 Å². The van der Waals surface area contributed by atoms with Gasteiger partial charge in [0.25, 0.3) is 0 Å². The topological polar surface area (TPSA) is 51.2 Å². The summed E-state index contributed by atoms with van der Waals surface area (Å²) in [5.41, 5.74) is 1.96. The van der Waals surface area contributed by atoms with E-state index in [1.54, 1.807) is 33.5 Å². The number of amides is 1. The van der Waals surface area contributed by atoms with Crippen LogP contribution in [0.3, 0.4) is 0 Å². The van der Waals surface area contributed by atoms with Gasteiger partial charge in [0, 0.05) is 43.5 Å². The van der Waals surface area contributed by atoms with Crippen LogP contribution < -0.4 is 19.1 Å². The summed E-state index contributed by atoms with van der Waals surface area (Å²) in [6.07, 6.45) is 3.37. The molecule has 0 aliphatic carbocycles. The summed E-state index contributed by atoms with van der Waals surface area (Å²) in [6, 6.07) is 13.5. The number of hydrogen-bond donors (Lipinski definition) is 0. The monoisotopic (exact) mass is 382 g/mol. The van der Waals surface area contributed by atoms with Crippen molar-refractivity contribution in [2.75, 3.05) is 52.4 Å². The number of ether oxygens (including phenoxy) is 3. The summed E-state index contributed by atoms with van der Waals surface area (Å²) in [7, 11) is 4.89. The van der Waals surface area contributed by atoms with Crippen LogP contribution in [0.2, 0.25) is 0 Å². The first-order chi connectivity index (χ1) is 13.6. The van der Waals surface area contributed by atoms with Gasteiger partial charge in [-0.15, -0.1) is 0 Å². The van der Waals surface area contributed by atoms with Gasteiger partial charge in [-0.25, -0.2) is 0 Å². The molecule has 0 aromatic heterocycles. The first-order valence-electron chi connectivity index (χ1n) is 9.22. The van der Waals surface area contributed by atoms with Crippen LogP contribution >= 0.6 is 0 Å². The van der Waals surface area contributed by atoms with Gasteiger partial charge in [0.15, 0.2) is 0 Å². The van der Waals surface area contributed by atoms with Gasteiger partial charge >= 0.3 is 0 Å². The molecular weight excluding hydrogens is 356 g/mol. The Balaban J connectivity index is 1.60. The molecular formula is C22H26N2O4. The molecule has 1 heterocycles. The molecule has 2 aromatic rings. The zero-order chi connectivity index (χ0) is 19.9. The maximum Gasteiger partial charge on any atom is 0.246 e. The largest absolute Gasteiger partial charge is 0.497 e. The van der Waals surface area contributed by atoms with Crippen molar-refractivity contribution in [3.8, 4) is 17.2 Å². The highest BCUT2D eigenvalue weighted by molar-refractivity contribution is 5.92. The molecule has 1 aliphatic heterocycles. The van der Waals surface area contributed by atoms with Gasteiger partial charge in [0.05, 0.1) is 21.3 Å². The Labute approximate surface area is 165 Å². The number of nitrogens with zero attached hydrogens (tertiary/aromatic N) is 2. The van der Waals surface area contributed by atoms with Gasteiger partial charge in [-0.2, -0.15) is 0 Å². The van der Waals surface area contributed by atoms with E-state index in [2.05, 4.69) is 4.90 Å². The fourth-order valence-corrected chi connectivity index (χ4v) is 3.21. The maximum atomic E-state index is 12.6. The van der Waals surface area contributed by atoms with Crippen molar-refractivity contribution in [2.24, 2.45) is 0 Å². The van der Waals surface area contributed by atoms with Gasteiger partial charge in [-0.1, -0.05) is 0 Å². The molecule has 2 aromatic carbocycles. The van der Waals surface area contributed by atoms with Crippen molar-refractivity contribution in [3.05, 3.63) is 54.1 Å². The molecule has 0 spiro atoms. The molecule has 6 heteroatoms. The zero-order valence-electron chi connectivity index (χ0n) is 16.6. The number of anilines is 1. The Hall–Kier alpha value is -3.15. The number of carbonyl (C=O) groups is 1. The molecule has 0 radical (unpaired) electrons. The highest BCUT2D eigenvalue weighted by Crippen LogP contribution is 2.25. The van der Waals surface area contributed by atoms with Gasteiger partial charge in [0.2, 0.25) is 5.91 Å². The summed E-state index contributed by atoms with van der Waals surface area (Å²) < 4.78 is 15.8. The highest BCUT2D eigenvalue weighted by atomic mass is 16.5. The smallest absolute Gasteiger partial charge is 0.246 e. The van der Waals surface area contributed by atoms with Crippen molar-refractivity contribution in [1.29, 1.82) is 0 Å². The third-order valence-electron chi connectivity index (χ3n) is 4.87. The van der Waals surface area contributed by atoms with Crippen molar-refractivity contribution >= 4 is 17.7 Å². The first-order valence-corrected chi connectivity index (χ1v) is 9.22. The Kier molecular flexibility index (Phi) is 6.42. The predicted molar refractivity (Wildman–Crippen MR) is 110 cm³/mol.